The van der Waals surface area contributed by atoms with E-state index in [0.717, 1.165) is 40.0 Å². The number of hydrogen-bond donors (Lipinski definition) is 2. The number of rotatable bonds is 6. The first-order chi connectivity index (χ1) is 22.6. The zero-order valence-corrected chi connectivity index (χ0v) is 27.0. The Balaban J connectivity index is 0.000000178. The molecule has 0 saturated carbocycles. The molecule has 0 radical (unpaired) electrons. The average molecular weight is 698 g/mol. The van der Waals surface area contributed by atoms with E-state index in [-0.39, 0.29) is 21.3 Å². The van der Waals surface area contributed by atoms with Crippen LogP contribution in [0.25, 0.3) is 22.8 Å². The Hall–Kier alpha value is -4.89. The monoisotopic (exact) mass is 696 g/mol. The third kappa shape index (κ3) is 10.3. The van der Waals surface area contributed by atoms with Crippen LogP contribution in [0.3, 0.4) is 0 Å². The summed E-state index contributed by atoms with van der Waals surface area (Å²) in [5.41, 5.74) is 10.9. The summed E-state index contributed by atoms with van der Waals surface area (Å²) in [4.78, 5) is 39.4. The molecule has 17 heteroatoms. The van der Waals surface area contributed by atoms with Crippen molar-refractivity contribution < 1.29 is 8.78 Å². The van der Waals surface area contributed by atoms with E-state index < -0.39 is 11.6 Å². The normalized spacial score (nSPS) is 10.3. The summed E-state index contributed by atoms with van der Waals surface area (Å²) < 4.78 is 26.0. The van der Waals surface area contributed by atoms with Crippen molar-refractivity contribution in [2.24, 2.45) is 5.73 Å². The van der Waals surface area contributed by atoms with Crippen molar-refractivity contribution in [3.05, 3.63) is 124 Å². The summed E-state index contributed by atoms with van der Waals surface area (Å²) in [6.07, 6.45) is 12.6. The molecule has 6 heterocycles. The lowest BCUT2D eigenvalue weighted by Crippen LogP contribution is -2.05. The highest BCUT2D eigenvalue weighted by Gasteiger charge is 2.09. The van der Waals surface area contributed by atoms with E-state index in [0.29, 0.717) is 24.7 Å². The van der Waals surface area contributed by atoms with Crippen LogP contribution in [0.5, 0.6) is 0 Å². The molecule has 6 aromatic heterocycles. The smallest absolute Gasteiger partial charge is 0.202 e. The maximum atomic E-state index is 13.7. The standard InChI is InChI=1S/C15H12ClFN6.C11H12N4.C4HCl2FN2/c1-9-4-11(2-3-18-9)14-19-5-10(6-20-14)7-21-15-12(17)13(16)22-8-23-15;1-8-4-10(2-3-13-8)11-14-6-9(5-12)7-15-11;5-3-2(7)4(6)9-1-8-3/h2-6,8H,7H2,1H3,(H,21,22,23);2-4,6-7H,5,12H2,1H3;1H. The first-order valence-corrected chi connectivity index (χ1v) is 14.7. The quantitative estimate of drug-likeness (QED) is 0.188. The van der Waals surface area contributed by atoms with Gasteiger partial charge in [0.25, 0.3) is 0 Å². The summed E-state index contributed by atoms with van der Waals surface area (Å²) in [6, 6.07) is 7.60. The Morgan fingerprint density at radius 2 is 1.06 bits per heavy atom. The van der Waals surface area contributed by atoms with Crippen LogP contribution in [0.4, 0.5) is 14.6 Å². The maximum absolute atomic E-state index is 13.7. The van der Waals surface area contributed by atoms with E-state index >= 15 is 0 Å². The van der Waals surface area contributed by atoms with Crippen LogP contribution in [0.2, 0.25) is 15.5 Å². The predicted octanol–water partition coefficient (Wildman–Crippen LogP) is 6.27. The van der Waals surface area contributed by atoms with Crippen LogP contribution < -0.4 is 11.1 Å². The molecule has 12 nitrogen and oxygen atoms in total. The number of nitrogens with zero attached hydrogens (tertiary/aromatic N) is 10. The first-order valence-electron chi connectivity index (χ1n) is 13.5. The van der Waals surface area contributed by atoms with Crippen LogP contribution in [0.15, 0.2) is 74.1 Å². The molecule has 0 unspecified atom stereocenters. The molecule has 0 spiro atoms. The fourth-order valence-electron chi connectivity index (χ4n) is 3.56. The molecule has 0 atom stereocenters. The van der Waals surface area contributed by atoms with E-state index in [4.69, 9.17) is 40.5 Å². The number of nitrogens with two attached hydrogens (primary N) is 1. The van der Waals surface area contributed by atoms with Crippen LogP contribution in [-0.4, -0.2) is 49.8 Å². The third-order valence-electron chi connectivity index (χ3n) is 5.87. The number of aryl methyl sites for hydroxylation is 2. The molecule has 3 N–H and O–H groups in total. The first kappa shape index (κ1) is 35.0. The van der Waals surface area contributed by atoms with Gasteiger partial charge in [-0.05, 0) is 38.1 Å². The number of pyridine rings is 2. The van der Waals surface area contributed by atoms with Gasteiger partial charge in [-0.2, -0.15) is 4.39 Å². The highest BCUT2D eigenvalue weighted by Crippen LogP contribution is 2.19. The van der Waals surface area contributed by atoms with E-state index in [1.807, 2.05) is 38.1 Å². The molecule has 0 saturated heterocycles. The summed E-state index contributed by atoms with van der Waals surface area (Å²) in [6.45, 7) is 4.64. The van der Waals surface area contributed by atoms with Gasteiger partial charge in [-0.15, -0.1) is 0 Å². The van der Waals surface area contributed by atoms with Crippen LogP contribution in [0, 0.1) is 25.5 Å². The molecule has 0 amide bonds. The van der Waals surface area contributed by atoms with Gasteiger partial charge in [-0.1, -0.05) is 34.8 Å². The van der Waals surface area contributed by atoms with E-state index in [1.54, 1.807) is 37.2 Å². The number of halogens is 5. The van der Waals surface area contributed by atoms with Gasteiger partial charge in [0, 0.05) is 83.9 Å². The zero-order valence-electron chi connectivity index (χ0n) is 24.8. The highest BCUT2D eigenvalue weighted by molar-refractivity contribution is 6.33. The second-order valence-electron chi connectivity index (χ2n) is 9.36. The van der Waals surface area contributed by atoms with Crippen molar-refractivity contribution >= 4 is 40.6 Å². The van der Waals surface area contributed by atoms with Crippen LogP contribution >= 0.6 is 34.8 Å². The highest BCUT2D eigenvalue weighted by atomic mass is 35.5. The molecule has 0 aliphatic rings. The molecule has 0 aliphatic carbocycles. The van der Waals surface area contributed by atoms with Gasteiger partial charge in [0.05, 0.1) is 0 Å². The van der Waals surface area contributed by atoms with Gasteiger partial charge < -0.3 is 11.1 Å². The van der Waals surface area contributed by atoms with Crippen molar-refractivity contribution in [3.8, 4) is 22.8 Å². The fraction of sp³-hybridized carbons (Fsp3) is 0.133. The molecule has 240 valence electrons. The third-order valence-corrected chi connectivity index (χ3v) is 6.66. The molecule has 47 heavy (non-hydrogen) atoms. The molecule has 0 aliphatic heterocycles. The Morgan fingerprint density at radius 1 is 0.617 bits per heavy atom. The lowest BCUT2D eigenvalue weighted by Gasteiger charge is -2.07. The molecular weight excluding hydrogens is 673 g/mol. The number of hydrogen-bond acceptors (Lipinski definition) is 12. The summed E-state index contributed by atoms with van der Waals surface area (Å²) in [5.74, 6) is -0.105. The topological polar surface area (TPSA) is 167 Å². The zero-order chi connectivity index (χ0) is 33.8. The van der Waals surface area contributed by atoms with Gasteiger partial charge in [0.2, 0.25) is 5.82 Å². The van der Waals surface area contributed by atoms with Gasteiger partial charge >= 0.3 is 0 Å². The predicted molar refractivity (Wildman–Crippen MR) is 174 cm³/mol. The molecule has 0 fully saturated rings. The van der Waals surface area contributed by atoms with Gasteiger partial charge in [-0.3, -0.25) is 9.97 Å². The minimum atomic E-state index is -0.777. The second-order valence-corrected chi connectivity index (χ2v) is 10.4. The lowest BCUT2D eigenvalue weighted by molar-refractivity contribution is 0.614. The van der Waals surface area contributed by atoms with Crippen molar-refractivity contribution in [2.75, 3.05) is 5.32 Å². The molecule has 6 rings (SSSR count). The molecule has 6 aromatic rings. The van der Waals surface area contributed by atoms with Gasteiger partial charge in [0.15, 0.2) is 38.7 Å². The minimum Gasteiger partial charge on any atom is -0.363 e. The van der Waals surface area contributed by atoms with Crippen molar-refractivity contribution in [3.63, 3.8) is 0 Å². The lowest BCUT2D eigenvalue weighted by atomic mass is 10.2. The summed E-state index contributed by atoms with van der Waals surface area (Å²) >= 11 is 16.0. The fourth-order valence-corrected chi connectivity index (χ4v) is 4.01. The minimum absolute atomic E-state index is 0.0406. The molecule has 0 bridgehead atoms. The Kier molecular flexibility index (Phi) is 12.8. The summed E-state index contributed by atoms with van der Waals surface area (Å²) in [7, 11) is 0. The van der Waals surface area contributed by atoms with E-state index in [2.05, 4.69) is 55.2 Å². The van der Waals surface area contributed by atoms with Crippen molar-refractivity contribution in [1.82, 2.24) is 49.8 Å². The Morgan fingerprint density at radius 3 is 1.51 bits per heavy atom. The largest absolute Gasteiger partial charge is 0.363 e. The molecular formula is C30H25Cl3F2N12. The van der Waals surface area contributed by atoms with E-state index in [1.165, 1.54) is 6.33 Å². The molecule has 0 aromatic carbocycles. The Bertz CT molecular complexity index is 1900. The number of anilines is 1. The SMILES string of the molecule is Cc1cc(-c2ncc(CN)cn2)ccn1.Cc1cc(-c2ncc(CNc3ncnc(Cl)c3F)cn2)ccn1.Fc1c(Cl)ncnc1Cl. The van der Waals surface area contributed by atoms with Gasteiger partial charge in [0.1, 0.15) is 12.7 Å². The van der Waals surface area contributed by atoms with Crippen molar-refractivity contribution in [2.45, 2.75) is 26.9 Å². The average Bonchev–Trinajstić information content (AvgIpc) is 3.09. The maximum Gasteiger partial charge on any atom is 0.202 e. The van der Waals surface area contributed by atoms with Gasteiger partial charge in [-0.25, -0.2) is 44.3 Å². The summed E-state index contributed by atoms with van der Waals surface area (Å²) in [5, 5.41) is 2.11. The number of aromatic nitrogens is 10. The Labute approximate surface area is 283 Å². The number of nitrogens with one attached hydrogen (secondary N) is 1. The second kappa shape index (κ2) is 17.1. The van der Waals surface area contributed by atoms with Crippen LogP contribution in [0.1, 0.15) is 22.5 Å². The van der Waals surface area contributed by atoms with Crippen molar-refractivity contribution in [1.29, 1.82) is 0 Å². The van der Waals surface area contributed by atoms with Crippen LogP contribution in [-0.2, 0) is 13.1 Å². The van der Waals surface area contributed by atoms with E-state index in [9.17, 15) is 8.78 Å².